The summed E-state index contributed by atoms with van der Waals surface area (Å²) in [4.78, 5) is 22.4. The van der Waals surface area contributed by atoms with Gasteiger partial charge in [-0.2, -0.15) is 4.98 Å². The average Bonchev–Trinajstić information content (AvgIpc) is 2.38. The molecule has 19 heavy (non-hydrogen) atoms. The molecule has 0 radical (unpaired) electrons. The highest BCUT2D eigenvalue weighted by Crippen LogP contribution is 2.17. The zero-order valence-corrected chi connectivity index (χ0v) is 11.4. The lowest BCUT2D eigenvalue weighted by molar-refractivity contribution is -0.127. The van der Waals surface area contributed by atoms with Gasteiger partial charge in [0, 0.05) is 20.6 Å². The smallest absolute Gasteiger partial charge is 0.241 e. The van der Waals surface area contributed by atoms with Gasteiger partial charge in [-0.3, -0.25) is 10.2 Å². The largest absolute Gasteiger partial charge is 0.347 e. The number of rotatable bonds is 6. The predicted octanol–water partition coefficient (Wildman–Crippen LogP) is 0.206. The van der Waals surface area contributed by atoms with Gasteiger partial charge in [0.15, 0.2) is 11.6 Å². The van der Waals surface area contributed by atoms with Gasteiger partial charge in [0.1, 0.15) is 0 Å². The highest BCUT2D eigenvalue weighted by molar-refractivity contribution is 5.80. The Morgan fingerprint density at radius 2 is 2.21 bits per heavy atom. The molecule has 0 aliphatic rings. The minimum absolute atomic E-state index is 0.0543. The molecule has 0 aliphatic heterocycles. The van der Waals surface area contributed by atoms with E-state index in [1.165, 1.54) is 4.90 Å². The molecule has 0 bridgehead atoms. The van der Waals surface area contributed by atoms with Crippen molar-refractivity contribution in [1.82, 2.24) is 14.9 Å². The number of hydrogen-bond donors (Lipinski definition) is 2. The van der Waals surface area contributed by atoms with Crippen LogP contribution in [-0.4, -0.2) is 48.0 Å². The fourth-order valence-electron chi connectivity index (χ4n) is 1.48. The van der Waals surface area contributed by atoms with E-state index in [2.05, 4.69) is 15.4 Å². The fourth-order valence-corrected chi connectivity index (χ4v) is 1.48. The van der Waals surface area contributed by atoms with Gasteiger partial charge in [-0.15, -0.1) is 0 Å². The number of carbonyl (C=O) groups is 1. The van der Waals surface area contributed by atoms with E-state index in [0.29, 0.717) is 6.54 Å². The third-order valence-corrected chi connectivity index (χ3v) is 2.47. The Hall–Kier alpha value is -1.96. The Morgan fingerprint density at radius 1 is 1.53 bits per heavy atom. The molecular formula is C11H19FN6O. The van der Waals surface area contributed by atoms with Crippen LogP contribution in [0.2, 0.25) is 0 Å². The molecule has 7 nitrogen and oxygen atoms in total. The third kappa shape index (κ3) is 4.02. The normalized spacial score (nSPS) is 10.2. The van der Waals surface area contributed by atoms with Crippen LogP contribution in [0.1, 0.15) is 13.3 Å². The summed E-state index contributed by atoms with van der Waals surface area (Å²) in [6.45, 7) is 2.50. The zero-order chi connectivity index (χ0) is 14.4. The van der Waals surface area contributed by atoms with Crippen molar-refractivity contribution in [3.63, 3.8) is 0 Å². The second kappa shape index (κ2) is 6.83. The molecule has 106 valence electrons. The number of nitrogen functional groups attached to an aromatic ring is 1. The second-order valence-corrected chi connectivity index (χ2v) is 4.22. The second-order valence-electron chi connectivity index (χ2n) is 4.22. The van der Waals surface area contributed by atoms with Gasteiger partial charge in [0.25, 0.3) is 0 Å². The third-order valence-electron chi connectivity index (χ3n) is 2.47. The maximum Gasteiger partial charge on any atom is 0.241 e. The van der Waals surface area contributed by atoms with E-state index in [1.54, 1.807) is 19.0 Å². The summed E-state index contributed by atoms with van der Waals surface area (Å²) >= 11 is 0. The van der Waals surface area contributed by atoms with Crippen LogP contribution in [0, 0.1) is 5.82 Å². The van der Waals surface area contributed by atoms with Gasteiger partial charge in [-0.05, 0) is 6.42 Å². The van der Waals surface area contributed by atoms with Crippen LogP contribution >= 0.6 is 0 Å². The maximum atomic E-state index is 13.8. The number of hydrazine groups is 1. The number of likely N-dealkylation sites (N-methyl/N-ethyl adjacent to an activating group) is 1. The van der Waals surface area contributed by atoms with E-state index >= 15 is 0 Å². The molecule has 0 saturated heterocycles. The predicted molar refractivity (Wildman–Crippen MR) is 71.0 cm³/mol. The summed E-state index contributed by atoms with van der Waals surface area (Å²) in [5.41, 5.74) is 2.26. The van der Waals surface area contributed by atoms with Crippen molar-refractivity contribution in [2.75, 3.05) is 37.5 Å². The first kappa shape index (κ1) is 15.1. The Morgan fingerprint density at radius 3 is 2.74 bits per heavy atom. The number of aromatic nitrogens is 2. The number of nitrogens with one attached hydrogen (secondary N) is 1. The molecule has 3 N–H and O–H groups in total. The Labute approximate surface area is 111 Å². The fraction of sp³-hybridized carbons (Fsp3) is 0.545. The van der Waals surface area contributed by atoms with Crippen LogP contribution < -0.4 is 16.2 Å². The Balaban J connectivity index is 3.00. The number of anilines is 2. The molecule has 1 aromatic heterocycles. The van der Waals surface area contributed by atoms with Crippen LogP contribution in [0.5, 0.6) is 0 Å². The molecule has 0 aromatic carbocycles. The van der Waals surface area contributed by atoms with Gasteiger partial charge >= 0.3 is 0 Å². The molecular weight excluding hydrogens is 251 g/mol. The van der Waals surface area contributed by atoms with Gasteiger partial charge < -0.3 is 9.80 Å². The quantitative estimate of drug-likeness (QED) is 0.567. The van der Waals surface area contributed by atoms with Crippen LogP contribution in [0.4, 0.5) is 16.2 Å². The van der Waals surface area contributed by atoms with Crippen LogP contribution in [-0.2, 0) is 4.79 Å². The minimum atomic E-state index is -0.584. The summed E-state index contributed by atoms with van der Waals surface area (Å²) in [5.74, 6) is 4.66. The first-order chi connectivity index (χ1) is 8.99. The molecule has 0 aliphatic carbocycles. The van der Waals surface area contributed by atoms with E-state index in [9.17, 15) is 9.18 Å². The van der Waals surface area contributed by atoms with Crippen molar-refractivity contribution in [3.05, 3.63) is 12.0 Å². The molecule has 0 unspecified atom stereocenters. The summed E-state index contributed by atoms with van der Waals surface area (Å²) in [6, 6.07) is 0. The maximum absolute atomic E-state index is 13.8. The van der Waals surface area contributed by atoms with Gasteiger partial charge in [0.05, 0.1) is 12.7 Å². The van der Waals surface area contributed by atoms with Crippen LogP contribution in [0.15, 0.2) is 6.20 Å². The first-order valence-corrected chi connectivity index (χ1v) is 5.93. The Bertz CT molecular complexity index is 439. The van der Waals surface area contributed by atoms with Gasteiger partial charge in [-0.25, -0.2) is 15.2 Å². The van der Waals surface area contributed by atoms with E-state index in [1.807, 2.05) is 6.92 Å². The SMILES string of the molecule is CCCN(CC(=O)N(C)C)c1nc(NN)ncc1F. The number of amides is 1. The number of nitrogens with zero attached hydrogens (tertiary/aromatic N) is 4. The van der Waals surface area contributed by atoms with Crippen molar-refractivity contribution in [3.8, 4) is 0 Å². The van der Waals surface area contributed by atoms with Crippen molar-refractivity contribution < 1.29 is 9.18 Å². The monoisotopic (exact) mass is 270 g/mol. The molecule has 1 rings (SSSR count). The summed E-state index contributed by atoms with van der Waals surface area (Å²) in [7, 11) is 3.30. The summed E-state index contributed by atoms with van der Waals surface area (Å²) in [5, 5.41) is 0. The molecule has 1 amide bonds. The molecule has 1 heterocycles. The standard InChI is InChI=1S/C11H19FN6O/c1-4-5-18(7-9(19)17(2)3)10-8(12)6-14-11(15-10)16-13/h6H,4-5,7,13H2,1-3H3,(H,14,15,16). The number of carbonyl (C=O) groups excluding carboxylic acids is 1. The lowest BCUT2D eigenvalue weighted by atomic mass is 10.3. The van der Waals surface area contributed by atoms with Gasteiger partial charge in [-0.1, -0.05) is 6.92 Å². The molecule has 0 atom stereocenters. The molecule has 0 spiro atoms. The average molecular weight is 270 g/mol. The number of nitrogens with two attached hydrogens (primary N) is 1. The molecule has 0 fully saturated rings. The van der Waals surface area contributed by atoms with E-state index in [-0.39, 0.29) is 24.2 Å². The lowest BCUT2D eigenvalue weighted by Gasteiger charge is -2.24. The van der Waals surface area contributed by atoms with Crippen LogP contribution in [0.25, 0.3) is 0 Å². The van der Waals surface area contributed by atoms with Crippen LogP contribution in [0.3, 0.4) is 0 Å². The van der Waals surface area contributed by atoms with Crippen molar-refractivity contribution in [2.45, 2.75) is 13.3 Å². The molecule has 0 saturated carbocycles. The van der Waals surface area contributed by atoms with Gasteiger partial charge in [0.2, 0.25) is 11.9 Å². The van der Waals surface area contributed by atoms with Crippen molar-refractivity contribution >= 4 is 17.7 Å². The number of hydrogen-bond acceptors (Lipinski definition) is 6. The summed E-state index contributed by atoms with van der Waals surface area (Å²) < 4.78 is 13.8. The topological polar surface area (TPSA) is 87.4 Å². The van der Waals surface area contributed by atoms with E-state index in [0.717, 1.165) is 12.6 Å². The van der Waals surface area contributed by atoms with E-state index < -0.39 is 5.82 Å². The zero-order valence-electron chi connectivity index (χ0n) is 11.4. The Kier molecular flexibility index (Phi) is 5.43. The number of halogens is 1. The minimum Gasteiger partial charge on any atom is -0.347 e. The lowest BCUT2D eigenvalue weighted by Crippen LogP contribution is -2.38. The van der Waals surface area contributed by atoms with E-state index in [4.69, 9.17) is 5.84 Å². The van der Waals surface area contributed by atoms with Crippen molar-refractivity contribution in [1.29, 1.82) is 0 Å². The summed E-state index contributed by atoms with van der Waals surface area (Å²) in [6.07, 6.45) is 1.79. The first-order valence-electron chi connectivity index (χ1n) is 5.93. The molecule has 8 heteroatoms. The van der Waals surface area contributed by atoms with Crippen molar-refractivity contribution in [2.24, 2.45) is 5.84 Å². The highest BCUT2D eigenvalue weighted by Gasteiger charge is 2.18. The highest BCUT2D eigenvalue weighted by atomic mass is 19.1. The molecule has 1 aromatic rings.